The Morgan fingerprint density at radius 2 is 1.90 bits per heavy atom. The summed E-state index contributed by atoms with van der Waals surface area (Å²) in [7, 11) is 0. The molecule has 0 bridgehead atoms. The molecule has 0 nitrogen and oxygen atoms in total. The predicted octanol–water partition coefficient (Wildman–Crippen LogP) is 1.06. The molecule has 10 heavy (non-hydrogen) atoms. The van der Waals surface area contributed by atoms with Gasteiger partial charge in [0.2, 0.25) is 0 Å². The zero-order chi connectivity index (χ0) is 7.40. The molecule has 0 N–H and O–H groups in total. The van der Waals surface area contributed by atoms with Crippen LogP contribution >= 0.6 is 0 Å². The van der Waals surface area contributed by atoms with Gasteiger partial charge >= 0.3 is 0 Å². The first-order valence-corrected chi connectivity index (χ1v) is 3.21. The van der Waals surface area contributed by atoms with Crippen molar-refractivity contribution in [3.63, 3.8) is 0 Å². The molecular weight excluding hydrogens is 120 g/mol. The van der Waals surface area contributed by atoms with Gasteiger partial charge in [0.1, 0.15) is 0 Å². The second-order valence-electron chi connectivity index (χ2n) is 2.10. The Labute approximate surface area is 60.8 Å². The Bertz CT molecular complexity index is 320. The van der Waals surface area contributed by atoms with Gasteiger partial charge in [0.05, 0.1) is 0 Å². The molecule has 0 saturated heterocycles. The van der Waals surface area contributed by atoms with Gasteiger partial charge < -0.3 is 0 Å². The molecular formula is C10H10. The van der Waals surface area contributed by atoms with Crippen molar-refractivity contribution in [3.05, 3.63) is 47.4 Å². The molecule has 50 valence electrons. The van der Waals surface area contributed by atoms with Crippen molar-refractivity contribution in [2.45, 2.75) is 0 Å². The lowest BCUT2D eigenvalue weighted by Crippen LogP contribution is -2.21. The number of allylic oxidation sites excluding steroid dienone is 1. The van der Waals surface area contributed by atoms with Crippen LogP contribution in [0, 0.1) is 0 Å². The van der Waals surface area contributed by atoms with Crippen LogP contribution in [0.2, 0.25) is 0 Å². The maximum Gasteiger partial charge on any atom is -0.0190 e. The molecule has 1 rings (SSSR count). The Kier molecular flexibility index (Phi) is 2.06. The highest BCUT2D eigenvalue weighted by molar-refractivity contribution is 5.35. The fourth-order valence-electron chi connectivity index (χ4n) is 0.824. The van der Waals surface area contributed by atoms with Crippen LogP contribution in [0.5, 0.6) is 0 Å². The fraction of sp³-hybridized carbons (Fsp3) is 0. The highest BCUT2D eigenvalue weighted by Gasteiger charge is 1.75. The second-order valence-corrected chi connectivity index (χ2v) is 2.10. The lowest BCUT2D eigenvalue weighted by atomic mass is 10.2. The Morgan fingerprint density at radius 1 is 1.20 bits per heavy atom. The van der Waals surface area contributed by atoms with Crippen LogP contribution in [0.3, 0.4) is 0 Å². The van der Waals surface area contributed by atoms with Crippen molar-refractivity contribution >= 4 is 12.7 Å². The lowest BCUT2D eigenvalue weighted by Gasteiger charge is -1.83. The first kappa shape index (κ1) is 6.81. The van der Waals surface area contributed by atoms with E-state index in [1.807, 2.05) is 30.3 Å². The SMILES string of the molecule is C=C/C=c1/ccccc1=C. The molecule has 0 fully saturated rings. The van der Waals surface area contributed by atoms with Gasteiger partial charge in [0, 0.05) is 0 Å². The summed E-state index contributed by atoms with van der Waals surface area (Å²) in [6.07, 6.45) is 3.71. The van der Waals surface area contributed by atoms with Crippen molar-refractivity contribution in [2.24, 2.45) is 0 Å². The average molecular weight is 130 g/mol. The summed E-state index contributed by atoms with van der Waals surface area (Å²) >= 11 is 0. The third kappa shape index (κ3) is 1.35. The summed E-state index contributed by atoms with van der Waals surface area (Å²) < 4.78 is 0. The van der Waals surface area contributed by atoms with Crippen LogP contribution < -0.4 is 10.4 Å². The summed E-state index contributed by atoms with van der Waals surface area (Å²) in [5.41, 5.74) is 0. The standard InChI is InChI=1S/C10H10/c1-3-6-10-8-5-4-7-9(10)2/h3-8H,1-2H2/b10-6-. The van der Waals surface area contributed by atoms with Crippen LogP contribution in [-0.4, -0.2) is 0 Å². The number of hydrogen-bond donors (Lipinski definition) is 0. The maximum atomic E-state index is 3.86. The Hall–Kier alpha value is -1.30. The van der Waals surface area contributed by atoms with Gasteiger partial charge in [0.25, 0.3) is 0 Å². The van der Waals surface area contributed by atoms with Crippen molar-refractivity contribution in [1.82, 2.24) is 0 Å². The number of rotatable bonds is 1. The molecule has 0 aliphatic rings. The van der Waals surface area contributed by atoms with Crippen molar-refractivity contribution in [1.29, 1.82) is 0 Å². The van der Waals surface area contributed by atoms with Crippen LogP contribution in [0.4, 0.5) is 0 Å². The molecule has 1 aromatic rings. The van der Waals surface area contributed by atoms with Crippen LogP contribution in [0.15, 0.2) is 36.9 Å². The zero-order valence-corrected chi connectivity index (χ0v) is 5.88. The Balaban J connectivity index is 3.43. The molecule has 0 unspecified atom stereocenters. The summed E-state index contributed by atoms with van der Waals surface area (Å²) in [5, 5.41) is 2.18. The molecule has 0 atom stereocenters. The monoisotopic (exact) mass is 130 g/mol. The molecule has 0 aliphatic carbocycles. The van der Waals surface area contributed by atoms with Crippen LogP contribution in [-0.2, 0) is 0 Å². The average Bonchev–Trinajstić information content (AvgIpc) is 1.94. The van der Waals surface area contributed by atoms with E-state index < -0.39 is 0 Å². The minimum atomic E-state index is 1.04. The van der Waals surface area contributed by atoms with E-state index in [9.17, 15) is 0 Å². The molecule has 0 saturated carbocycles. The molecule has 0 spiro atoms. The molecule has 0 heterocycles. The van der Waals surface area contributed by atoms with Gasteiger partial charge in [-0.1, -0.05) is 49.6 Å². The lowest BCUT2D eigenvalue weighted by molar-refractivity contribution is 1.54. The third-order valence-corrected chi connectivity index (χ3v) is 1.35. The molecule has 0 radical (unpaired) electrons. The van der Waals surface area contributed by atoms with Gasteiger partial charge in [-0.3, -0.25) is 0 Å². The third-order valence-electron chi connectivity index (χ3n) is 1.35. The first-order chi connectivity index (χ1) is 4.84. The normalized spacial score (nSPS) is 11.4. The maximum absolute atomic E-state index is 3.86. The Morgan fingerprint density at radius 3 is 2.50 bits per heavy atom. The van der Waals surface area contributed by atoms with Gasteiger partial charge in [-0.2, -0.15) is 0 Å². The van der Waals surface area contributed by atoms with E-state index in [1.54, 1.807) is 6.08 Å². The summed E-state index contributed by atoms with van der Waals surface area (Å²) in [5.74, 6) is 0. The molecule has 0 aliphatic heterocycles. The first-order valence-electron chi connectivity index (χ1n) is 3.21. The number of benzene rings is 1. The van der Waals surface area contributed by atoms with Crippen LogP contribution in [0.25, 0.3) is 12.7 Å². The van der Waals surface area contributed by atoms with E-state index >= 15 is 0 Å². The smallest absolute Gasteiger partial charge is 0.0190 e. The van der Waals surface area contributed by atoms with E-state index in [1.165, 1.54) is 0 Å². The summed E-state index contributed by atoms with van der Waals surface area (Å²) in [4.78, 5) is 0. The van der Waals surface area contributed by atoms with E-state index in [4.69, 9.17) is 0 Å². The summed E-state index contributed by atoms with van der Waals surface area (Å²) in [6, 6.07) is 7.96. The molecule has 1 aromatic carbocycles. The highest BCUT2D eigenvalue weighted by Crippen LogP contribution is 1.70. The highest BCUT2D eigenvalue weighted by atomic mass is 13.8. The predicted molar refractivity (Wildman–Crippen MR) is 45.9 cm³/mol. The molecule has 0 amide bonds. The minimum Gasteiger partial charge on any atom is -0.0990 e. The fourth-order valence-corrected chi connectivity index (χ4v) is 0.824. The largest absolute Gasteiger partial charge is 0.0990 e. The van der Waals surface area contributed by atoms with E-state index in [0.29, 0.717) is 0 Å². The van der Waals surface area contributed by atoms with Crippen molar-refractivity contribution in [2.75, 3.05) is 0 Å². The second kappa shape index (κ2) is 3.02. The quantitative estimate of drug-likeness (QED) is 0.533. The van der Waals surface area contributed by atoms with Gasteiger partial charge in [-0.15, -0.1) is 0 Å². The molecule has 0 aromatic heterocycles. The van der Waals surface area contributed by atoms with E-state index in [0.717, 1.165) is 10.4 Å². The topological polar surface area (TPSA) is 0 Å². The van der Waals surface area contributed by atoms with Gasteiger partial charge in [-0.25, -0.2) is 0 Å². The van der Waals surface area contributed by atoms with Crippen LogP contribution in [0.1, 0.15) is 0 Å². The zero-order valence-electron chi connectivity index (χ0n) is 5.88. The van der Waals surface area contributed by atoms with Crippen molar-refractivity contribution < 1.29 is 0 Å². The van der Waals surface area contributed by atoms with E-state index in [2.05, 4.69) is 13.2 Å². The molecule has 0 heteroatoms. The van der Waals surface area contributed by atoms with Gasteiger partial charge in [0.15, 0.2) is 0 Å². The summed E-state index contributed by atoms with van der Waals surface area (Å²) in [6.45, 7) is 7.47. The number of hydrogen-bond acceptors (Lipinski definition) is 0. The van der Waals surface area contributed by atoms with Crippen molar-refractivity contribution in [3.8, 4) is 0 Å². The minimum absolute atomic E-state index is 1.04. The van der Waals surface area contributed by atoms with E-state index in [-0.39, 0.29) is 0 Å². The van der Waals surface area contributed by atoms with Gasteiger partial charge in [-0.05, 0) is 10.4 Å².